The van der Waals surface area contributed by atoms with Crippen molar-refractivity contribution in [2.75, 3.05) is 0 Å². The van der Waals surface area contributed by atoms with E-state index in [1.54, 1.807) is 18.3 Å². The predicted octanol–water partition coefficient (Wildman–Crippen LogP) is 3.04. The van der Waals surface area contributed by atoms with Gasteiger partial charge in [0.2, 0.25) is 0 Å². The molecule has 1 heterocycles. The molecule has 2 nitrogen and oxygen atoms in total. The Morgan fingerprint density at radius 3 is 2.62 bits per heavy atom. The maximum absolute atomic E-state index is 9.30. The summed E-state index contributed by atoms with van der Waals surface area (Å²) in [7, 11) is 0. The highest BCUT2D eigenvalue weighted by atomic mass is 32.1. The molecule has 0 saturated carbocycles. The highest BCUT2D eigenvalue weighted by Gasteiger charge is 2.06. The van der Waals surface area contributed by atoms with Crippen LogP contribution < -0.4 is 0 Å². The Kier molecular flexibility index (Phi) is 3.36. The van der Waals surface area contributed by atoms with Gasteiger partial charge in [-0.3, -0.25) is 0 Å². The van der Waals surface area contributed by atoms with E-state index in [-0.39, 0.29) is 6.10 Å². The molecule has 0 spiro atoms. The second kappa shape index (κ2) is 4.76. The number of aliphatic hydroxyl groups excluding tert-OH is 1. The number of hydrogen-bond donors (Lipinski definition) is 1. The fourth-order valence-corrected chi connectivity index (χ4v) is 2.56. The van der Waals surface area contributed by atoms with Crippen LogP contribution in [0.25, 0.3) is 10.6 Å². The van der Waals surface area contributed by atoms with E-state index in [0.717, 1.165) is 15.4 Å². The second-order valence-electron chi connectivity index (χ2n) is 4.05. The van der Waals surface area contributed by atoms with Crippen molar-refractivity contribution >= 4 is 11.3 Å². The van der Waals surface area contributed by atoms with Gasteiger partial charge in [0.1, 0.15) is 5.01 Å². The Bertz CT molecular complexity index is 459. The average molecular weight is 233 g/mol. The van der Waals surface area contributed by atoms with Crippen LogP contribution in [0.3, 0.4) is 0 Å². The van der Waals surface area contributed by atoms with E-state index >= 15 is 0 Å². The molecule has 1 N–H and O–H groups in total. The summed E-state index contributed by atoms with van der Waals surface area (Å²) in [5.74, 6) is 0. The highest BCUT2D eigenvalue weighted by molar-refractivity contribution is 7.15. The van der Waals surface area contributed by atoms with Crippen molar-refractivity contribution in [2.24, 2.45) is 0 Å². The summed E-state index contributed by atoms with van der Waals surface area (Å²) in [5, 5.41) is 10.3. The molecular formula is C13H15NOS. The zero-order chi connectivity index (χ0) is 11.5. The van der Waals surface area contributed by atoms with Crippen LogP contribution in [-0.4, -0.2) is 16.2 Å². The smallest absolute Gasteiger partial charge is 0.123 e. The number of thiazole rings is 1. The molecule has 1 unspecified atom stereocenters. The Balaban J connectivity index is 2.21. The molecule has 0 bridgehead atoms. The summed E-state index contributed by atoms with van der Waals surface area (Å²) in [6.07, 6.45) is 2.24. The molecule has 0 aliphatic rings. The summed E-state index contributed by atoms with van der Waals surface area (Å²) in [5.41, 5.74) is 2.40. The molecule has 3 heteroatoms. The number of nitrogens with zero attached hydrogens (tertiary/aromatic N) is 1. The van der Waals surface area contributed by atoms with Gasteiger partial charge in [0.25, 0.3) is 0 Å². The summed E-state index contributed by atoms with van der Waals surface area (Å²) < 4.78 is 0. The molecule has 1 atom stereocenters. The van der Waals surface area contributed by atoms with Crippen molar-refractivity contribution in [1.29, 1.82) is 0 Å². The maximum Gasteiger partial charge on any atom is 0.123 e. The van der Waals surface area contributed by atoms with Crippen molar-refractivity contribution in [3.8, 4) is 10.6 Å². The molecule has 16 heavy (non-hydrogen) atoms. The average Bonchev–Trinajstić information content (AvgIpc) is 2.66. The molecular weight excluding hydrogens is 218 g/mol. The molecule has 1 aromatic heterocycles. The first-order valence-corrected chi connectivity index (χ1v) is 6.16. The minimum Gasteiger partial charge on any atom is -0.393 e. The van der Waals surface area contributed by atoms with Gasteiger partial charge in [0, 0.05) is 23.1 Å². The van der Waals surface area contributed by atoms with E-state index in [0.29, 0.717) is 6.42 Å². The van der Waals surface area contributed by atoms with E-state index in [1.165, 1.54) is 5.56 Å². The van der Waals surface area contributed by atoms with Gasteiger partial charge >= 0.3 is 0 Å². The van der Waals surface area contributed by atoms with E-state index in [1.807, 2.05) is 6.20 Å². The monoisotopic (exact) mass is 233 g/mol. The summed E-state index contributed by atoms with van der Waals surface area (Å²) in [6, 6.07) is 8.34. The normalized spacial score (nSPS) is 12.7. The van der Waals surface area contributed by atoms with E-state index in [4.69, 9.17) is 0 Å². The van der Waals surface area contributed by atoms with Gasteiger partial charge in [0.15, 0.2) is 0 Å². The zero-order valence-corrected chi connectivity index (χ0v) is 10.3. The van der Waals surface area contributed by atoms with Crippen molar-refractivity contribution < 1.29 is 5.11 Å². The number of hydrogen-bond acceptors (Lipinski definition) is 3. The van der Waals surface area contributed by atoms with Gasteiger partial charge < -0.3 is 5.11 Å². The van der Waals surface area contributed by atoms with Gasteiger partial charge in [-0.15, -0.1) is 11.3 Å². The van der Waals surface area contributed by atoms with E-state index < -0.39 is 0 Å². The Labute approximate surface area is 99.6 Å². The lowest BCUT2D eigenvalue weighted by Gasteiger charge is -1.99. The molecule has 0 aliphatic carbocycles. The lowest BCUT2D eigenvalue weighted by atomic mass is 10.2. The molecule has 2 rings (SSSR count). The number of rotatable bonds is 3. The number of benzene rings is 1. The highest BCUT2D eigenvalue weighted by Crippen LogP contribution is 2.25. The van der Waals surface area contributed by atoms with Crippen LogP contribution in [0.4, 0.5) is 0 Å². The summed E-state index contributed by atoms with van der Waals surface area (Å²) in [4.78, 5) is 5.51. The third kappa shape index (κ3) is 2.68. The van der Waals surface area contributed by atoms with Crippen molar-refractivity contribution in [3.05, 3.63) is 40.9 Å². The minimum absolute atomic E-state index is 0.300. The van der Waals surface area contributed by atoms with Crippen LogP contribution in [-0.2, 0) is 6.42 Å². The molecule has 0 fully saturated rings. The van der Waals surface area contributed by atoms with Gasteiger partial charge in [-0.05, 0) is 13.8 Å². The minimum atomic E-state index is -0.300. The number of aromatic nitrogens is 1. The van der Waals surface area contributed by atoms with Crippen molar-refractivity contribution in [3.63, 3.8) is 0 Å². The van der Waals surface area contributed by atoms with Crippen LogP contribution in [0.2, 0.25) is 0 Å². The Morgan fingerprint density at radius 1 is 1.31 bits per heavy atom. The van der Waals surface area contributed by atoms with Gasteiger partial charge in [-0.25, -0.2) is 4.98 Å². The number of aliphatic hydroxyl groups is 1. The molecule has 0 amide bonds. The topological polar surface area (TPSA) is 33.1 Å². The van der Waals surface area contributed by atoms with E-state index in [9.17, 15) is 5.11 Å². The summed E-state index contributed by atoms with van der Waals surface area (Å²) in [6.45, 7) is 3.87. The first kappa shape index (κ1) is 11.3. The standard InChI is InChI=1S/C13H15NOS/c1-9-3-5-11(6-4-9)13-14-8-12(16-13)7-10(2)15/h3-6,8,10,15H,7H2,1-2H3. The first-order chi connectivity index (χ1) is 7.65. The fourth-order valence-electron chi connectivity index (χ4n) is 1.52. The number of aryl methyl sites for hydroxylation is 1. The van der Waals surface area contributed by atoms with Gasteiger partial charge in [-0.2, -0.15) is 0 Å². The van der Waals surface area contributed by atoms with Crippen LogP contribution in [0.5, 0.6) is 0 Å². The first-order valence-electron chi connectivity index (χ1n) is 5.35. The fraction of sp³-hybridized carbons (Fsp3) is 0.308. The molecule has 0 aliphatic heterocycles. The predicted molar refractivity (Wildman–Crippen MR) is 67.7 cm³/mol. The quantitative estimate of drug-likeness (QED) is 0.884. The lowest BCUT2D eigenvalue weighted by Crippen LogP contribution is -2.01. The van der Waals surface area contributed by atoms with Gasteiger partial charge in [0.05, 0.1) is 6.10 Å². The SMILES string of the molecule is Cc1ccc(-c2ncc(CC(C)O)s2)cc1. The van der Waals surface area contributed by atoms with Crippen molar-refractivity contribution in [2.45, 2.75) is 26.4 Å². The molecule has 84 valence electrons. The van der Waals surface area contributed by atoms with Crippen LogP contribution >= 0.6 is 11.3 Å². The Hall–Kier alpha value is -1.19. The van der Waals surface area contributed by atoms with Crippen LogP contribution in [0, 0.1) is 6.92 Å². The van der Waals surface area contributed by atoms with Crippen LogP contribution in [0.1, 0.15) is 17.4 Å². The lowest BCUT2D eigenvalue weighted by molar-refractivity contribution is 0.196. The molecule has 1 aromatic carbocycles. The molecule has 2 aromatic rings. The van der Waals surface area contributed by atoms with Gasteiger partial charge in [-0.1, -0.05) is 29.8 Å². The maximum atomic E-state index is 9.30. The molecule has 0 saturated heterocycles. The summed E-state index contributed by atoms with van der Waals surface area (Å²) >= 11 is 1.65. The second-order valence-corrected chi connectivity index (χ2v) is 5.17. The molecule has 0 radical (unpaired) electrons. The third-order valence-corrected chi connectivity index (χ3v) is 3.42. The van der Waals surface area contributed by atoms with Crippen molar-refractivity contribution in [1.82, 2.24) is 4.98 Å². The van der Waals surface area contributed by atoms with E-state index in [2.05, 4.69) is 36.2 Å². The zero-order valence-electron chi connectivity index (χ0n) is 9.47. The van der Waals surface area contributed by atoms with Crippen LogP contribution in [0.15, 0.2) is 30.5 Å². The third-order valence-electron chi connectivity index (χ3n) is 2.35. The Morgan fingerprint density at radius 2 is 2.00 bits per heavy atom. The largest absolute Gasteiger partial charge is 0.393 e.